The summed E-state index contributed by atoms with van der Waals surface area (Å²) in [6.07, 6.45) is 2.64. The van der Waals surface area contributed by atoms with Crippen LogP contribution in [0, 0.1) is 17.5 Å². The fraction of sp³-hybridized carbons (Fsp3) is 0.353. The van der Waals surface area contributed by atoms with Crippen molar-refractivity contribution in [3.05, 3.63) is 47.5 Å². The van der Waals surface area contributed by atoms with E-state index in [0.717, 1.165) is 31.8 Å². The first-order valence-corrected chi connectivity index (χ1v) is 8.23. The average molecular weight is 365 g/mol. The molecule has 0 bridgehead atoms. The number of hydrogen-bond acceptors (Lipinski definition) is 5. The molecule has 1 N–H and O–H groups in total. The monoisotopic (exact) mass is 365 g/mol. The number of hydrogen-bond donors (Lipinski definition) is 1. The lowest BCUT2D eigenvalue weighted by molar-refractivity contribution is 0.0642. The average Bonchev–Trinajstić information content (AvgIpc) is 2.68. The Bertz CT molecular complexity index is 792. The van der Waals surface area contributed by atoms with Crippen LogP contribution in [0.15, 0.2) is 24.5 Å². The van der Waals surface area contributed by atoms with E-state index in [1.807, 2.05) is 0 Å². The molecule has 26 heavy (non-hydrogen) atoms. The number of nitrogens with zero attached hydrogens (tertiary/aromatic N) is 4. The van der Waals surface area contributed by atoms with Gasteiger partial charge in [-0.1, -0.05) is 6.92 Å². The molecule has 2 aromatic rings. The zero-order valence-corrected chi connectivity index (χ0v) is 14.2. The number of likely N-dealkylation sites (N-methyl/N-ethyl adjacent to an activating group) is 1. The van der Waals surface area contributed by atoms with Gasteiger partial charge in [-0.25, -0.2) is 23.1 Å². The van der Waals surface area contributed by atoms with Crippen LogP contribution in [0.2, 0.25) is 0 Å². The van der Waals surface area contributed by atoms with Gasteiger partial charge >= 0.3 is 0 Å². The van der Waals surface area contributed by atoms with E-state index >= 15 is 0 Å². The van der Waals surface area contributed by atoms with Crippen LogP contribution in [0.3, 0.4) is 0 Å². The van der Waals surface area contributed by atoms with Gasteiger partial charge < -0.3 is 15.1 Å². The molecular formula is C17H18F3N5O. The fourth-order valence-electron chi connectivity index (χ4n) is 2.70. The van der Waals surface area contributed by atoms with Crippen LogP contribution in [0.25, 0.3) is 0 Å². The maximum Gasteiger partial charge on any atom is 0.257 e. The Morgan fingerprint density at radius 3 is 2.35 bits per heavy atom. The molecule has 1 saturated heterocycles. The second-order valence-electron chi connectivity index (χ2n) is 5.87. The normalized spacial score (nSPS) is 15.2. The summed E-state index contributed by atoms with van der Waals surface area (Å²) in [4.78, 5) is 24.3. The van der Waals surface area contributed by atoms with Crippen molar-refractivity contribution in [3.8, 4) is 0 Å². The number of rotatable bonds is 4. The summed E-state index contributed by atoms with van der Waals surface area (Å²) in [6.45, 7) is 5.93. The second-order valence-corrected chi connectivity index (χ2v) is 5.87. The van der Waals surface area contributed by atoms with Crippen molar-refractivity contribution in [2.24, 2.45) is 0 Å². The lowest BCUT2D eigenvalue weighted by Gasteiger charge is -2.33. The van der Waals surface area contributed by atoms with Crippen LogP contribution in [0.1, 0.15) is 17.3 Å². The minimum absolute atomic E-state index is 0.0257. The number of carbonyl (C=O) groups excluding carboxylic acids is 1. The van der Waals surface area contributed by atoms with Gasteiger partial charge in [0.2, 0.25) is 5.95 Å². The van der Waals surface area contributed by atoms with E-state index in [2.05, 4.69) is 27.1 Å². The minimum atomic E-state index is -1.58. The molecule has 138 valence electrons. The number of nitrogens with one attached hydrogen (secondary N) is 1. The first-order chi connectivity index (χ1) is 12.5. The van der Waals surface area contributed by atoms with E-state index in [1.165, 1.54) is 12.4 Å². The highest BCUT2D eigenvalue weighted by atomic mass is 19.2. The molecule has 9 heteroatoms. The van der Waals surface area contributed by atoms with Crippen LogP contribution >= 0.6 is 0 Å². The Hall–Kier alpha value is -2.68. The van der Waals surface area contributed by atoms with Gasteiger partial charge in [0, 0.05) is 38.6 Å². The number of benzene rings is 1. The van der Waals surface area contributed by atoms with Crippen LogP contribution in [0.5, 0.6) is 0 Å². The van der Waals surface area contributed by atoms with Crippen molar-refractivity contribution in [3.63, 3.8) is 0 Å². The first kappa shape index (κ1) is 18.1. The quantitative estimate of drug-likeness (QED) is 0.844. The summed E-state index contributed by atoms with van der Waals surface area (Å²) in [5.41, 5.74) is 0.0184. The summed E-state index contributed by atoms with van der Waals surface area (Å²) in [5.74, 6) is -4.41. The largest absolute Gasteiger partial charge is 0.336 e. The Morgan fingerprint density at radius 1 is 1.08 bits per heavy atom. The van der Waals surface area contributed by atoms with E-state index < -0.39 is 17.5 Å². The van der Waals surface area contributed by atoms with Crippen LogP contribution < -0.4 is 5.32 Å². The fourth-order valence-corrected chi connectivity index (χ4v) is 2.70. The van der Waals surface area contributed by atoms with Crippen LogP contribution in [0.4, 0.5) is 24.8 Å². The first-order valence-electron chi connectivity index (χ1n) is 8.23. The SMILES string of the molecule is CCN1CCN(C(=O)c2cnc(Nc3ccc(F)c(F)c3F)nc2)CC1. The molecule has 1 aliphatic rings. The molecule has 0 aliphatic carbocycles. The van der Waals surface area contributed by atoms with Gasteiger partial charge in [0.25, 0.3) is 5.91 Å². The minimum Gasteiger partial charge on any atom is -0.336 e. The van der Waals surface area contributed by atoms with Gasteiger partial charge in [-0.15, -0.1) is 0 Å². The van der Waals surface area contributed by atoms with Gasteiger partial charge in [0.05, 0.1) is 11.3 Å². The molecule has 0 saturated carbocycles. The van der Waals surface area contributed by atoms with Gasteiger partial charge in [-0.2, -0.15) is 0 Å². The highest BCUT2D eigenvalue weighted by molar-refractivity contribution is 5.93. The molecule has 1 aromatic heterocycles. The van der Waals surface area contributed by atoms with Gasteiger partial charge in [-0.3, -0.25) is 4.79 Å². The van der Waals surface area contributed by atoms with Gasteiger partial charge in [0.1, 0.15) is 0 Å². The van der Waals surface area contributed by atoms with E-state index in [0.29, 0.717) is 18.7 Å². The molecule has 1 aromatic carbocycles. The van der Waals surface area contributed by atoms with Crippen molar-refractivity contribution in [1.29, 1.82) is 0 Å². The summed E-state index contributed by atoms with van der Waals surface area (Å²) < 4.78 is 39.8. The van der Waals surface area contributed by atoms with Gasteiger partial charge in [-0.05, 0) is 18.7 Å². The van der Waals surface area contributed by atoms with Crippen LogP contribution in [-0.2, 0) is 0 Å². The zero-order chi connectivity index (χ0) is 18.7. The lowest BCUT2D eigenvalue weighted by Crippen LogP contribution is -2.48. The van der Waals surface area contributed by atoms with Crippen LogP contribution in [-0.4, -0.2) is 58.4 Å². The molecule has 0 radical (unpaired) electrons. The maximum atomic E-state index is 13.7. The Balaban J connectivity index is 1.67. The molecule has 1 amide bonds. The zero-order valence-electron chi connectivity index (χ0n) is 14.2. The third-order valence-corrected chi connectivity index (χ3v) is 4.29. The van der Waals surface area contributed by atoms with Crippen molar-refractivity contribution in [2.75, 3.05) is 38.0 Å². The molecular weight excluding hydrogens is 347 g/mol. The summed E-state index contributed by atoms with van der Waals surface area (Å²) in [7, 11) is 0. The van der Waals surface area contributed by atoms with E-state index in [9.17, 15) is 18.0 Å². The molecule has 1 fully saturated rings. The molecule has 6 nitrogen and oxygen atoms in total. The van der Waals surface area contributed by atoms with Crippen molar-refractivity contribution in [1.82, 2.24) is 19.8 Å². The topological polar surface area (TPSA) is 61.4 Å². The third kappa shape index (κ3) is 3.77. The smallest absolute Gasteiger partial charge is 0.257 e. The summed E-state index contributed by atoms with van der Waals surface area (Å²) in [6, 6.07) is 1.85. The Labute approximate surface area is 148 Å². The number of amides is 1. The highest BCUT2D eigenvalue weighted by Gasteiger charge is 2.22. The maximum absolute atomic E-state index is 13.7. The predicted octanol–water partition coefficient (Wildman–Crippen LogP) is 2.42. The van der Waals surface area contributed by atoms with E-state index in [4.69, 9.17) is 0 Å². The standard InChI is InChI=1S/C17H18F3N5O/c1-2-24-5-7-25(8-6-24)16(26)11-9-21-17(22-10-11)23-13-4-3-12(18)14(19)15(13)20/h3-4,9-10H,2,5-8H2,1H3,(H,21,22,23). The van der Waals surface area contributed by atoms with Crippen molar-refractivity contribution < 1.29 is 18.0 Å². The number of anilines is 2. The number of piperazine rings is 1. The second kappa shape index (κ2) is 7.69. The lowest BCUT2D eigenvalue weighted by atomic mass is 10.2. The van der Waals surface area contributed by atoms with E-state index in [-0.39, 0.29) is 17.5 Å². The Morgan fingerprint density at radius 2 is 1.73 bits per heavy atom. The third-order valence-electron chi connectivity index (χ3n) is 4.29. The summed E-state index contributed by atoms with van der Waals surface area (Å²) >= 11 is 0. The predicted molar refractivity (Wildman–Crippen MR) is 89.6 cm³/mol. The highest BCUT2D eigenvalue weighted by Crippen LogP contribution is 2.22. The number of aromatic nitrogens is 2. The van der Waals surface area contributed by atoms with E-state index in [1.54, 1.807) is 4.90 Å². The molecule has 0 unspecified atom stereocenters. The molecule has 0 spiro atoms. The van der Waals surface area contributed by atoms with Gasteiger partial charge in [0.15, 0.2) is 17.5 Å². The summed E-state index contributed by atoms with van der Waals surface area (Å²) in [5, 5.41) is 2.46. The van der Waals surface area contributed by atoms with Crippen molar-refractivity contribution >= 4 is 17.5 Å². The Kier molecular flexibility index (Phi) is 5.36. The number of carbonyl (C=O) groups is 1. The number of halogens is 3. The molecule has 1 aliphatic heterocycles. The molecule has 3 rings (SSSR count). The molecule has 2 heterocycles. The molecule has 0 atom stereocenters. The van der Waals surface area contributed by atoms with Crippen molar-refractivity contribution in [2.45, 2.75) is 6.92 Å².